The summed E-state index contributed by atoms with van der Waals surface area (Å²) in [4.78, 5) is 0. The van der Waals surface area contributed by atoms with Crippen molar-refractivity contribution < 1.29 is 5.11 Å². The third-order valence-electron chi connectivity index (χ3n) is 1.77. The largest absolute Gasteiger partial charge is 0.396 e. The fourth-order valence-corrected chi connectivity index (χ4v) is 1.74. The maximum atomic E-state index is 8.84. The topological polar surface area (TPSA) is 32.3 Å². The Hall–Kier alpha value is 0.270. The zero-order valence-electron chi connectivity index (χ0n) is 9.26. The molecule has 0 spiro atoms. The van der Waals surface area contributed by atoms with Crippen molar-refractivity contribution >= 4 is 11.8 Å². The van der Waals surface area contributed by atoms with Gasteiger partial charge in [0.05, 0.1) is 0 Å². The van der Waals surface area contributed by atoms with Crippen molar-refractivity contribution in [2.75, 3.05) is 25.2 Å². The first kappa shape index (κ1) is 13.3. The first-order valence-electron chi connectivity index (χ1n) is 4.83. The summed E-state index contributed by atoms with van der Waals surface area (Å²) in [5.41, 5.74) is 0.326. The van der Waals surface area contributed by atoms with Gasteiger partial charge in [-0.2, -0.15) is 11.8 Å². The number of hydrogen-bond acceptors (Lipinski definition) is 3. The van der Waals surface area contributed by atoms with E-state index in [1.54, 1.807) is 0 Å². The Morgan fingerprint density at radius 2 is 2.00 bits per heavy atom. The molecule has 0 bridgehead atoms. The van der Waals surface area contributed by atoms with Gasteiger partial charge >= 0.3 is 0 Å². The van der Waals surface area contributed by atoms with Gasteiger partial charge in [-0.3, -0.25) is 0 Å². The number of aliphatic hydroxyl groups excluding tert-OH is 1. The zero-order valence-corrected chi connectivity index (χ0v) is 10.1. The maximum Gasteiger partial charge on any atom is 0.0446 e. The summed E-state index contributed by atoms with van der Waals surface area (Å²) in [7, 11) is 0. The van der Waals surface area contributed by atoms with Crippen LogP contribution >= 0.6 is 11.8 Å². The van der Waals surface area contributed by atoms with E-state index in [0.29, 0.717) is 11.5 Å². The average molecular weight is 205 g/mol. The Balaban J connectivity index is 3.68. The number of nitrogens with one attached hydrogen (secondary N) is 1. The first-order valence-corrected chi connectivity index (χ1v) is 6.22. The minimum absolute atomic E-state index is 0.280. The normalized spacial score (nSPS) is 14.5. The molecular formula is C10H23NOS. The van der Waals surface area contributed by atoms with Crippen LogP contribution in [0.3, 0.4) is 0 Å². The highest BCUT2D eigenvalue weighted by atomic mass is 32.2. The molecule has 0 radical (unpaired) electrons. The van der Waals surface area contributed by atoms with Crippen molar-refractivity contribution in [2.45, 2.75) is 33.2 Å². The SMILES string of the molecule is CSCC(CCO)NCC(C)(C)C. The Labute approximate surface area is 86.5 Å². The highest BCUT2D eigenvalue weighted by Gasteiger charge is 2.13. The highest BCUT2D eigenvalue weighted by molar-refractivity contribution is 7.98. The highest BCUT2D eigenvalue weighted by Crippen LogP contribution is 2.12. The summed E-state index contributed by atoms with van der Waals surface area (Å²) in [5.74, 6) is 1.08. The molecule has 0 amide bonds. The van der Waals surface area contributed by atoms with Crippen LogP contribution in [0, 0.1) is 5.41 Å². The van der Waals surface area contributed by atoms with Crippen LogP contribution in [0.1, 0.15) is 27.2 Å². The first-order chi connectivity index (χ1) is 5.99. The van der Waals surface area contributed by atoms with E-state index >= 15 is 0 Å². The van der Waals surface area contributed by atoms with Crippen LogP contribution in [0.5, 0.6) is 0 Å². The van der Waals surface area contributed by atoms with Crippen molar-refractivity contribution in [3.05, 3.63) is 0 Å². The quantitative estimate of drug-likeness (QED) is 0.693. The molecule has 0 heterocycles. The Bertz CT molecular complexity index is 117. The maximum absolute atomic E-state index is 8.84. The van der Waals surface area contributed by atoms with Crippen molar-refractivity contribution in [1.29, 1.82) is 0 Å². The fourth-order valence-electron chi connectivity index (χ4n) is 1.05. The van der Waals surface area contributed by atoms with Gasteiger partial charge in [0.15, 0.2) is 0 Å². The molecule has 0 aromatic carbocycles. The van der Waals surface area contributed by atoms with Gasteiger partial charge in [0, 0.05) is 24.9 Å². The Kier molecular flexibility index (Phi) is 6.82. The van der Waals surface area contributed by atoms with E-state index < -0.39 is 0 Å². The molecular weight excluding hydrogens is 182 g/mol. The average Bonchev–Trinajstić information content (AvgIpc) is 2.00. The molecule has 0 aliphatic heterocycles. The summed E-state index contributed by atoms with van der Waals surface area (Å²) in [6.07, 6.45) is 2.96. The van der Waals surface area contributed by atoms with Gasteiger partial charge in [-0.25, -0.2) is 0 Å². The molecule has 0 saturated heterocycles. The van der Waals surface area contributed by atoms with Crippen LogP contribution in [0.15, 0.2) is 0 Å². The summed E-state index contributed by atoms with van der Waals surface area (Å²) in [5, 5.41) is 12.3. The van der Waals surface area contributed by atoms with Crippen molar-refractivity contribution in [3.63, 3.8) is 0 Å². The smallest absolute Gasteiger partial charge is 0.0446 e. The van der Waals surface area contributed by atoms with Crippen LogP contribution in [0.2, 0.25) is 0 Å². The molecule has 1 atom stereocenters. The van der Waals surface area contributed by atoms with Gasteiger partial charge in [-0.15, -0.1) is 0 Å². The third-order valence-corrected chi connectivity index (χ3v) is 2.50. The minimum atomic E-state index is 0.280. The van der Waals surface area contributed by atoms with E-state index in [9.17, 15) is 0 Å². The van der Waals surface area contributed by atoms with Gasteiger partial charge in [0.25, 0.3) is 0 Å². The van der Waals surface area contributed by atoms with Crippen LogP contribution in [0.25, 0.3) is 0 Å². The molecule has 13 heavy (non-hydrogen) atoms. The van der Waals surface area contributed by atoms with Gasteiger partial charge in [-0.05, 0) is 18.1 Å². The molecule has 0 fully saturated rings. The lowest BCUT2D eigenvalue weighted by molar-refractivity contribution is 0.260. The van der Waals surface area contributed by atoms with Gasteiger partial charge in [0.1, 0.15) is 0 Å². The molecule has 1 unspecified atom stereocenters. The van der Waals surface area contributed by atoms with E-state index in [1.165, 1.54) is 0 Å². The molecule has 0 aliphatic carbocycles. The second-order valence-corrected chi connectivity index (χ2v) is 5.52. The van der Waals surface area contributed by atoms with Gasteiger partial charge in [0.2, 0.25) is 0 Å². The Morgan fingerprint density at radius 1 is 1.38 bits per heavy atom. The number of aliphatic hydroxyl groups is 1. The van der Waals surface area contributed by atoms with Gasteiger partial charge in [-0.1, -0.05) is 20.8 Å². The third kappa shape index (κ3) is 8.60. The fraction of sp³-hybridized carbons (Fsp3) is 1.00. The van der Waals surface area contributed by atoms with E-state index in [2.05, 4.69) is 32.3 Å². The van der Waals surface area contributed by atoms with Crippen molar-refractivity contribution in [2.24, 2.45) is 5.41 Å². The molecule has 0 aromatic rings. The van der Waals surface area contributed by atoms with E-state index in [0.717, 1.165) is 18.7 Å². The molecule has 0 aliphatic rings. The van der Waals surface area contributed by atoms with Crippen LogP contribution < -0.4 is 5.32 Å². The molecule has 2 nitrogen and oxygen atoms in total. The second kappa shape index (κ2) is 6.68. The predicted molar refractivity (Wildman–Crippen MR) is 61.3 cm³/mol. The monoisotopic (exact) mass is 205 g/mol. The number of hydrogen-bond donors (Lipinski definition) is 2. The van der Waals surface area contributed by atoms with Crippen LogP contribution in [-0.2, 0) is 0 Å². The minimum Gasteiger partial charge on any atom is -0.396 e. The number of thioether (sulfide) groups is 1. The zero-order chi connectivity index (χ0) is 10.3. The lowest BCUT2D eigenvalue weighted by Gasteiger charge is -2.24. The molecule has 3 heteroatoms. The standard InChI is InChI=1S/C10H23NOS/c1-10(2,3)8-11-9(5-6-12)7-13-4/h9,11-12H,5-8H2,1-4H3. The lowest BCUT2D eigenvalue weighted by Crippen LogP contribution is -2.38. The van der Waals surface area contributed by atoms with Crippen LogP contribution in [0.4, 0.5) is 0 Å². The summed E-state index contributed by atoms with van der Waals surface area (Å²) < 4.78 is 0. The van der Waals surface area contributed by atoms with E-state index in [4.69, 9.17) is 5.11 Å². The van der Waals surface area contributed by atoms with Crippen molar-refractivity contribution in [1.82, 2.24) is 5.32 Å². The summed E-state index contributed by atoms with van der Waals surface area (Å²) in [6, 6.07) is 0.458. The second-order valence-electron chi connectivity index (χ2n) is 4.61. The molecule has 0 saturated carbocycles. The molecule has 0 aromatic heterocycles. The number of rotatable bonds is 6. The van der Waals surface area contributed by atoms with Crippen LogP contribution in [-0.4, -0.2) is 36.3 Å². The van der Waals surface area contributed by atoms with Gasteiger partial charge < -0.3 is 10.4 Å². The van der Waals surface area contributed by atoms with E-state index in [1.807, 2.05) is 11.8 Å². The predicted octanol–water partition coefficient (Wildman–Crippen LogP) is 1.74. The molecule has 2 N–H and O–H groups in total. The lowest BCUT2D eigenvalue weighted by atomic mass is 9.96. The Morgan fingerprint density at radius 3 is 2.38 bits per heavy atom. The van der Waals surface area contributed by atoms with Crippen molar-refractivity contribution in [3.8, 4) is 0 Å². The van der Waals surface area contributed by atoms with E-state index in [-0.39, 0.29) is 6.61 Å². The summed E-state index contributed by atoms with van der Waals surface area (Å²) >= 11 is 1.83. The molecule has 0 rings (SSSR count). The molecule has 80 valence electrons. The summed E-state index contributed by atoms with van der Waals surface area (Å²) in [6.45, 7) is 7.94.